The molecule has 0 radical (unpaired) electrons. The highest BCUT2D eigenvalue weighted by atomic mass is 32.2. The average molecular weight is 242 g/mol. The van der Waals surface area contributed by atoms with Gasteiger partial charge in [-0.3, -0.25) is 9.48 Å². The molecule has 0 aliphatic heterocycles. The zero-order valence-electron chi connectivity index (χ0n) is 9.88. The first-order valence-electron chi connectivity index (χ1n) is 5.43. The quantitative estimate of drug-likeness (QED) is 0.833. The third kappa shape index (κ3) is 3.56. The number of thioether (sulfide) groups is 1. The smallest absolute Gasteiger partial charge is 0.316 e. The summed E-state index contributed by atoms with van der Waals surface area (Å²) in [6.45, 7) is 5.93. The summed E-state index contributed by atoms with van der Waals surface area (Å²) in [5.74, 6) is -0.122. The number of rotatable bonds is 6. The Balaban J connectivity index is 2.49. The lowest BCUT2D eigenvalue weighted by atomic mass is 10.3. The summed E-state index contributed by atoms with van der Waals surface area (Å²) in [5.41, 5.74) is 0.943. The second kappa shape index (κ2) is 5.94. The highest BCUT2D eigenvalue weighted by molar-refractivity contribution is 7.99. The fraction of sp³-hybridized carbons (Fsp3) is 0.636. The van der Waals surface area contributed by atoms with Crippen molar-refractivity contribution in [1.82, 2.24) is 9.78 Å². The number of carboxylic acids is 1. The molecule has 0 aromatic carbocycles. The Kier molecular flexibility index (Phi) is 4.86. The molecular formula is C11H18N2O2S. The van der Waals surface area contributed by atoms with Crippen LogP contribution in [0.1, 0.15) is 38.9 Å². The maximum absolute atomic E-state index is 10.6. The van der Waals surface area contributed by atoms with Gasteiger partial charge in [-0.15, -0.1) is 11.8 Å². The van der Waals surface area contributed by atoms with Gasteiger partial charge in [0.1, 0.15) is 0 Å². The lowest BCUT2D eigenvalue weighted by molar-refractivity contribution is -0.136. The maximum atomic E-state index is 10.6. The van der Waals surface area contributed by atoms with E-state index in [0.29, 0.717) is 11.8 Å². The monoisotopic (exact) mass is 242 g/mol. The number of hydrogen-bond donors (Lipinski definition) is 1. The van der Waals surface area contributed by atoms with Gasteiger partial charge in [0.15, 0.2) is 0 Å². The number of carboxylic acid groups (broad SMARTS) is 1. The topological polar surface area (TPSA) is 55.1 Å². The molecule has 0 bridgehead atoms. The van der Waals surface area contributed by atoms with E-state index in [1.165, 1.54) is 11.8 Å². The van der Waals surface area contributed by atoms with Crippen LogP contribution in [-0.4, -0.2) is 26.1 Å². The van der Waals surface area contributed by atoms with Crippen molar-refractivity contribution in [2.75, 3.05) is 0 Å². The SMILES string of the molecule is CCC(C)n1ccc(CSC(C)C(=O)O)n1. The molecule has 16 heavy (non-hydrogen) atoms. The Bertz CT molecular complexity index is 352. The summed E-state index contributed by atoms with van der Waals surface area (Å²) in [4.78, 5) is 10.6. The van der Waals surface area contributed by atoms with Crippen molar-refractivity contribution in [3.05, 3.63) is 18.0 Å². The molecule has 0 amide bonds. The van der Waals surface area contributed by atoms with Gasteiger partial charge in [0.05, 0.1) is 10.9 Å². The predicted molar refractivity (Wildman–Crippen MR) is 65.6 cm³/mol. The minimum Gasteiger partial charge on any atom is -0.480 e. The zero-order chi connectivity index (χ0) is 12.1. The van der Waals surface area contributed by atoms with Gasteiger partial charge < -0.3 is 5.11 Å². The molecule has 2 unspecified atom stereocenters. The Morgan fingerprint density at radius 2 is 2.31 bits per heavy atom. The lowest BCUT2D eigenvalue weighted by Crippen LogP contribution is -2.11. The van der Waals surface area contributed by atoms with E-state index >= 15 is 0 Å². The van der Waals surface area contributed by atoms with Gasteiger partial charge in [-0.05, 0) is 26.3 Å². The molecule has 1 N–H and O–H groups in total. The van der Waals surface area contributed by atoms with Crippen LogP contribution in [0.5, 0.6) is 0 Å². The number of aromatic nitrogens is 2. The minimum absolute atomic E-state index is 0.381. The summed E-state index contributed by atoms with van der Waals surface area (Å²) in [5, 5.41) is 12.8. The van der Waals surface area contributed by atoms with Gasteiger partial charge in [-0.2, -0.15) is 5.10 Å². The van der Waals surface area contributed by atoms with Crippen LogP contribution in [-0.2, 0) is 10.5 Å². The van der Waals surface area contributed by atoms with Gasteiger partial charge in [0.2, 0.25) is 0 Å². The van der Waals surface area contributed by atoms with Crippen LogP contribution in [0.3, 0.4) is 0 Å². The molecule has 1 rings (SSSR count). The molecular weight excluding hydrogens is 224 g/mol. The predicted octanol–water partition coefficient (Wildman–Crippen LogP) is 2.56. The largest absolute Gasteiger partial charge is 0.480 e. The Hall–Kier alpha value is -0.970. The normalized spacial score (nSPS) is 14.7. The van der Waals surface area contributed by atoms with E-state index in [9.17, 15) is 4.79 Å². The number of hydrogen-bond acceptors (Lipinski definition) is 3. The van der Waals surface area contributed by atoms with E-state index in [1.54, 1.807) is 6.92 Å². The Morgan fingerprint density at radius 3 is 2.88 bits per heavy atom. The average Bonchev–Trinajstić information content (AvgIpc) is 2.73. The number of carbonyl (C=O) groups is 1. The standard InChI is InChI=1S/C11H18N2O2S/c1-4-8(2)13-6-5-10(12-13)7-16-9(3)11(14)15/h5-6,8-9H,4,7H2,1-3H3,(H,14,15). The summed E-state index contributed by atoms with van der Waals surface area (Å²) in [6, 6.07) is 2.35. The first-order chi connectivity index (χ1) is 7.54. The third-order valence-corrected chi connectivity index (χ3v) is 3.70. The number of aliphatic carboxylic acids is 1. The van der Waals surface area contributed by atoms with Gasteiger partial charge in [0.25, 0.3) is 0 Å². The third-order valence-electron chi connectivity index (χ3n) is 2.53. The molecule has 1 aromatic heterocycles. The van der Waals surface area contributed by atoms with E-state index in [2.05, 4.69) is 18.9 Å². The Labute approximate surface area is 100 Å². The molecule has 1 aromatic rings. The van der Waals surface area contributed by atoms with Crippen LogP contribution in [0, 0.1) is 0 Å². The van der Waals surface area contributed by atoms with Gasteiger partial charge in [-0.1, -0.05) is 6.92 Å². The van der Waals surface area contributed by atoms with Crippen LogP contribution < -0.4 is 0 Å². The van der Waals surface area contributed by atoms with Crippen LogP contribution in [0.2, 0.25) is 0 Å². The molecule has 0 spiro atoms. The minimum atomic E-state index is -0.772. The molecule has 4 nitrogen and oxygen atoms in total. The van der Waals surface area contributed by atoms with Gasteiger partial charge in [0, 0.05) is 18.0 Å². The van der Waals surface area contributed by atoms with E-state index < -0.39 is 5.97 Å². The van der Waals surface area contributed by atoms with Crippen molar-refractivity contribution in [3.8, 4) is 0 Å². The fourth-order valence-electron chi connectivity index (χ4n) is 1.17. The zero-order valence-corrected chi connectivity index (χ0v) is 10.7. The summed E-state index contributed by atoms with van der Waals surface area (Å²) in [6.07, 6.45) is 3.00. The van der Waals surface area contributed by atoms with Crippen LogP contribution in [0.15, 0.2) is 12.3 Å². The lowest BCUT2D eigenvalue weighted by Gasteiger charge is -2.08. The van der Waals surface area contributed by atoms with Crippen molar-refractivity contribution in [1.29, 1.82) is 0 Å². The summed E-state index contributed by atoms with van der Waals surface area (Å²) >= 11 is 1.39. The summed E-state index contributed by atoms with van der Waals surface area (Å²) < 4.78 is 1.93. The molecule has 2 atom stereocenters. The van der Waals surface area contributed by atoms with E-state index in [-0.39, 0.29) is 5.25 Å². The van der Waals surface area contributed by atoms with Gasteiger partial charge in [-0.25, -0.2) is 0 Å². The highest BCUT2D eigenvalue weighted by Gasteiger charge is 2.12. The molecule has 1 heterocycles. The molecule has 0 aliphatic rings. The second-order valence-electron chi connectivity index (χ2n) is 3.84. The van der Waals surface area contributed by atoms with Crippen molar-refractivity contribution in [3.63, 3.8) is 0 Å². The first-order valence-corrected chi connectivity index (χ1v) is 6.48. The van der Waals surface area contributed by atoms with Crippen LogP contribution >= 0.6 is 11.8 Å². The molecule has 0 saturated heterocycles. The van der Waals surface area contributed by atoms with E-state index in [0.717, 1.165) is 12.1 Å². The van der Waals surface area contributed by atoms with E-state index in [1.807, 2.05) is 16.9 Å². The van der Waals surface area contributed by atoms with Gasteiger partial charge >= 0.3 is 5.97 Å². The number of nitrogens with zero attached hydrogens (tertiary/aromatic N) is 2. The van der Waals surface area contributed by atoms with Crippen molar-refractivity contribution in [2.24, 2.45) is 0 Å². The second-order valence-corrected chi connectivity index (χ2v) is 5.16. The van der Waals surface area contributed by atoms with E-state index in [4.69, 9.17) is 5.11 Å². The first kappa shape index (κ1) is 13.1. The van der Waals surface area contributed by atoms with Crippen molar-refractivity contribution in [2.45, 2.75) is 44.2 Å². The Morgan fingerprint density at radius 1 is 1.62 bits per heavy atom. The molecule has 0 saturated carbocycles. The maximum Gasteiger partial charge on any atom is 0.316 e. The molecule has 90 valence electrons. The molecule has 0 fully saturated rings. The fourth-order valence-corrected chi connectivity index (χ4v) is 1.89. The van der Waals surface area contributed by atoms with Crippen molar-refractivity contribution >= 4 is 17.7 Å². The van der Waals surface area contributed by atoms with Crippen LogP contribution in [0.4, 0.5) is 0 Å². The summed E-state index contributed by atoms with van der Waals surface area (Å²) in [7, 11) is 0. The molecule has 5 heteroatoms. The molecule has 0 aliphatic carbocycles. The highest BCUT2D eigenvalue weighted by Crippen LogP contribution is 2.17. The van der Waals surface area contributed by atoms with Crippen LogP contribution in [0.25, 0.3) is 0 Å². The van der Waals surface area contributed by atoms with Crippen molar-refractivity contribution < 1.29 is 9.90 Å².